The van der Waals surface area contributed by atoms with E-state index in [4.69, 9.17) is 11.5 Å². The average molecular weight is 302 g/mol. The van der Waals surface area contributed by atoms with Gasteiger partial charge in [-0.15, -0.1) is 0 Å². The first-order valence-electron chi connectivity index (χ1n) is 7.12. The molecule has 1 aromatic heterocycles. The lowest BCUT2D eigenvalue weighted by Gasteiger charge is -2.41. The SMILES string of the molecule is CNC1CN(c2nc(N)nc(N)c2-c2cccc(F)c2C)C1. The molecule has 0 spiro atoms. The number of nitrogen functional groups attached to an aromatic ring is 2. The lowest BCUT2D eigenvalue weighted by atomic mass is 9.99. The minimum absolute atomic E-state index is 0.123. The van der Waals surface area contributed by atoms with Crippen LogP contribution in [0.4, 0.5) is 22.0 Å². The first kappa shape index (κ1) is 14.5. The summed E-state index contributed by atoms with van der Waals surface area (Å²) in [5.41, 5.74) is 13.7. The Labute approximate surface area is 128 Å². The number of halogens is 1. The first-order chi connectivity index (χ1) is 10.5. The van der Waals surface area contributed by atoms with E-state index in [1.807, 2.05) is 13.1 Å². The topological polar surface area (TPSA) is 93.1 Å². The molecule has 6 nitrogen and oxygen atoms in total. The van der Waals surface area contributed by atoms with Crippen molar-refractivity contribution in [2.45, 2.75) is 13.0 Å². The quantitative estimate of drug-likeness (QED) is 0.788. The number of hydrogen-bond acceptors (Lipinski definition) is 6. The smallest absolute Gasteiger partial charge is 0.223 e. The zero-order chi connectivity index (χ0) is 15.9. The summed E-state index contributed by atoms with van der Waals surface area (Å²) in [6.07, 6.45) is 0. The summed E-state index contributed by atoms with van der Waals surface area (Å²) >= 11 is 0. The molecule has 2 aromatic rings. The summed E-state index contributed by atoms with van der Waals surface area (Å²) in [4.78, 5) is 10.4. The standard InChI is InChI=1S/C15H19FN6/c1-8-10(4-3-5-11(8)16)12-13(17)20-15(18)21-14(12)22-6-9(7-22)19-2/h3-5,9,19H,6-7H2,1-2H3,(H4,17,18,20,21). The molecule has 0 aliphatic carbocycles. The average Bonchev–Trinajstić information content (AvgIpc) is 2.41. The Bertz CT molecular complexity index is 711. The van der Waals surface area contributed by atoms with Crippen molar-refractivity contribution in [2.24, 2.45) is 0 Å². The molecule has 22 heavy (non-hydrogen) atoms. The third-order valence-electron chi connectivity index (χ3n) is 4.06. The first-order valence-corrected chi connectivity index (χ1v) is 7.12. The molecule has 1 aliphatic heterocycles. The number of hydrogen-bond donors (Lipinski definition) is 3. The van der Waals surface area contributed by atoms with Crippen LogP contribution in [0.1, 0.15) is 5.56 Å². The van der Waals surface area contributed by atoms with Crippen LogP contribution in [0.15, 0.2) is 18.2 Å². The second-order valence-corrected chi connectivity index (χ2v) is 5.47. The molecule has 3 rings (SSSR count). The summed E-state index contributed by atoms with van der Waals surface area (Å²) in [6.45, 7) is 3.32. The predicted molar refractivity (Wildman–Crippen MR) is 86.0 cm³/mol. The van der Waals surface area contributed by atoms with E-state index in [9.17, 15) is 4.39 Å². The second-order valence-electron chi connectivity index (χ2n) is 5.47. The van der Waals surface area contributed by atoms with Gasteiger partial charge in [-0.3, -0.25) is 0 Å². The maximum absolute atomic E-state index is 13.9. The predicted octanol–water partition coefficient (Wildman–Crippen LogP) is 1.16. The molecule has 0 saturated carbocycles. The molecule has 0 amide bonds. The number of nitrogens with one attached hydrogen (secondary N) is 1. The molecule has 5 N–H and O–H groups in total. The lowest BCUT2D eigenvalue weighted by Crippen LogP contribution is -2.57. The minimum Gasteiger partial charge on any atom is -0.383 e. The van der Waals surface area contributed by atoms with Crippen LogP contribution in [0, 0.1) is 12.7 Å². The van der Waals surface area contributed by atoms with Crippen LogP contribution in [0.3, 0.4) is 0 Å². The molecular formula is C15H19FN6. The molecule has 0 atom stereocenters. The van der Waals surface area contributed by atoms with Crippen LogP contribution in [-0.4, -0.2) is 36.1 Å². The molecule has 2 heterocycles. The van der Waals surface area contributed by atoms with E-state index < -0.39 is 0 Å². The molecule has 1 aromatic carbocycles. The van der Waals surface area contributed by atoms with E-state index in [1.54, 1.807) is 13.0 Å². The van der Waals surface area contributed by atoms with Crippen molar-refractivity contribution in [3.05, 3.63) is 29.6 Å². The number of benzene rings is 1. The Morgan fingerprint density at radius 3 is 2.68 bits per heavy atom. The normalized spacial score (nSPS) is 15.0. The van der Waals surface area contributed by atoms with Crippen molar-refractivity contribution in [3.8, 4) is 11.1 Å². The lowest BCUT2D eigenvalue weighted by molar-refractivity contribution is 0.447. The highest BCUT2D eigenvalue weighted by Crippen LogP contribution is 2.38. The Hall–Kier alpha value is -2.41. The van der Waals surface area contributed by atoms with Gasteiger partial charge in [-0.05, 0) is 31.2 Å². The highest BCUT2D eigenvalue weighted by molar-refractivity contribution is 5.87. The van der Waals surface area contributed by atoms with Crippen LogP contribution in [0.2, 0.25) is 0 Å². The monoisotopic (exact) mass is 302 g/mol. The van der Waals surface area contributed by atoms with Gasteiger partial charge in [0, 0.05) is 19.1 Å². The maximum atomic E-state index is 13.9. The number of nitrogens with zero attached hydrogens (tertiary/aromatic N) is 3. The molecule has 1 fully saturated rings. The van der Waals surface area contributed by atoms with Crippen LogP contribution >= 0.6 is 0 Å². The van der Waals surface area contributed by atoms with Crippen molar-refractivity contribution in [1.29, 1.82) is 0 Å². The molecule has 1 aliphatic rings. The summed E-state index contributed by atoms with van der Waals surface area (Å²) in [5.74, 6) is 0.768. The molecule has 7 heteroatoms. The number of aromatic nitrogens is 2. The highest BCUT2D eigenvalue weighted by Gasteiger charge is 2.30. The van der Waals surface area contributed by atoms with Gasteiger partial charge < -0.3 is 21.7 Å². The molecule has 0 unspecified atom stereocenters. The Balaban J connectivity index is 2.12. The van der Waals surface area contributed by atoms with Gasteiger partial charge >= 0.3 is 0 Å². The van der Waals surface area contributed by atoms with Gasteiger partial charge in [-0.2, -0.15) is 9.97 Å². The third kappa shape index (κ3) is 2.33. The highest BCUT2D eigenvalue weighted by atomic mass is 19.1. The van der Waals surface area contributed by atoms with Gasteiger partial charge in [0.1, 0.15) is 17.5 Å². The van der Waals surface area contributed by atoms with E-state index >= 15 is 0 Å². The van der Waals surface area contributed by atoms with Crippen molar-refractivity contribution in [3.63, 3.8) is 0 Å². The van der Waals surface area contributed by atoms with Gasteiger partial charge in [0.25, 0.3) is 0 Å². The van der Waals surface area contributed by atoms with Crippen molar-refractivity contribution in [2.75, 3.05) is 36.5 Å². The Kier molecular flexibility index (Phi) is 3.58. The fourth-order valence-electron chi connectivity index (χ4n) is 2.68. The zero-order valence-electron chi connectivity index (χ0n) is 12.6. The number of nitrogens with two attached hydrogens (primary N) is 2. The summed E-state index contributed by atoms with van der Waals surface area (Å²) in [6, 6.07) is 5.30. The van der Waals surface area contributed by atoms with E-state index in [0.29, 0.717) is 28.6 Å². The van der Waals surface area contributed by atoms with Crippen molar-refractivity contribution in [1.82, 2.24) is 15.3 Å². The molecule has 0 radical (unpaired) electrons. The van der Waals surface area contributed by atoms with Crippen LogP contribution in [-0.2, 0) is 0 Å². The number of anilines is 3. The van der Waals surface area contributed by atoms with Crippen molar-refractivity contribution >= 4 is 17.6 Å². The summed E-state index contributed by atoms with van der Waals surface area (Å²) < 4.78 is 13.9. The van der Waals surface area contributed by atoms with Crippen LogP contribution < -0.4 is 21.7 Å². The van der Waals surface area contributed by atoms with Crippen LogP contribution in [0.5, 0.6) is 0 Å². The maximum Gasteiger partial charge on any atom is 0.223 e. The van der Waals surface area contributed by atoms with Crippen molar-refractivity contribution < 1.29 is 4.39 Å². The summed E-state index contributed by atoms with van der Waals surface area (Å²) in [7, 11) is 1.92. The van der Waals surface area contributed by atoms with Gasteiger partial charge in [-0.1, -0.05) is 12.1 Å². The third-order valence-corrected chi connectivity index (χ3v) is 4.06. The minimum atomic E-state index is -0.281. The Morgan fingerprint density at radius 2 is 2.00 bits per heavy atom. The largest absolute Gasteiger partial charge is 0.383 e. The van der Waals surface area contributed by atoms with E-state index in [0.717, 1.165) is 13.1 Å². The Morgan fingerprint density at radius 1 is 1.27 bits per heavy atom. The fourth-order valence-corrected chi connectivity index (χ4v) is 2.68. The van der Waals surface area contributed by atoms with E-state index in [2.05, 4.69) is 20.2 Å². The van der Waals surface area contributed by atoms with Gasteiger partial charge in [-0.25, -0.2) is 4.39 Å². The van der Waals surface area contributed by atoms with E-state index in [-0.39, 0.29) is 17.6 Å². The van der Waals surface area contributed by atoms with Gasteiger partial charge in [0.05, 0.1) is 5.56 Å². The summed E-state index contributed by atoms with van der Waals surface area (Å²) in [5, 5.41) is 3.20. The van der Waals surface area contributed by atoms with Gasteiger partial charge in [0.2, 0.25) is 5.95 Å². The van der Waals surface area contributed by atoms with E-state index in [1.165, 1.54) is 6.07 Å². The molecular weight excluding hydrogens is 283 g/mol. The second kappa shape index (κ2) is 5.42. The van der Waals surface area contributed by atoms with Gasteiger partial charge in [0.15, 0.2) is 0 Å². The number of likely N-dealkylation sites (N-methyl/N-ethyl adjacent to an activating group) is 1. The fraction of sp³-hybridized carbons (Fsp3) is 0.333. The zero-order valence-corrected chi connectivity index (χ0v) is 12.6. The number of rotatable bonds is 3. The molecule has 0 bridgehead atoms. The molecule has 116 valence electrons. The molecule has 1 saturated heterocycles. The van der Waals surface area contributed by atoms with Crippen LogP contribution in [0.25, 0.3) is 11.1 Å².